The summed E-state index contributed by atoms with van der Waals surface area (Å²) < 4.78 is 32.3. The third-order valence-corrected chi connectivity index (χ3v) is 3.35. The Bertz CT molecular complexity index is 736. The van der Waals surface area contributed by atoms with E-state index < -0.39 is 23.2 Å². The number of carbonyl (C=O) groups is 1. The van der Waals surface area contributed by atoms with Gasteiger partial charge in [-0.3, -0.25) is 4.79 Å². The largest absolute Gasteiger partial charge is 0.493 e. The Morgan fingerprint density at radius 2 is 1.95 bits per heavy atom. The first-order valence-corrected chi connectivity index (χ1v) is 6.82. The van der Waals surface area contributed by atoms with Gasteiger partial charge in [-0.05, 0) is 41.5 Å². The smallest absolute Gasteiger partial charge is 0.248 e. The van der Waals surface area contributed by atoms with Gasteiger partial charge in [-0.1, -0.05) is 12.1 Å². The van der Waals surface area contributed by atoms with E-state index in [0.29, 0.717) is 6.61 Å². The highest BCUT2D eigenvalue weighted by molar-refractivity contribution is 6.02. The fraction of sp³-hybridized carbons (Fsp3) is 0.118. The lowest BCUT2D eigenvalue weighted by Crippen LogP contribution is -2.10. The lowest BCUT2D eigenvalue weighted by atomic mass is 10.1. The van der Waals surface area contributed by atoms with Crippen molar-refractivity contribution in [3.8, 4) is 5.75 Å². The van der Waals surface area contributed by atoms with Crippen molar-refractivity contribution in [2.45, 2.75) is 6.42 Å². The number of benzene rings is 2. The van der Waals surface area contributed by atoms with Crippen molar-refractivity contribution in [2.24, 2.45) is 0 Å². The third-order valence-electron chi connectivity index (χ3n) is 3.35. The van der Waals surface area contributed by atoms with Gasteiger partial charge in [0.05, 0.1) is 6.61 Å². The Kier molecular flexibility index (Phi) is 3.87. The Labute approximate surface area is 126 Å². The van der Waals surface area contributed by atoms with Crippen LogP contribution in [0.2, 0.25) is 0 Å². The zero-order chi connectivity index (χ0) is 15.5. The molecule has 0 saturated heterocycles. The summed E-state index contributed by atoms with van der Waals surface area (Å²) in [7, 11) is 0. The maximum absolute atomic E-state index is 13.4. The van der Waals surface area contributed by atoms with Gasteiger partial charge in [-0.15, -0.1) is 0 Å². The average molecular weight is 301 g/mol. The molecule has 1 N–H and O–H groups in total. The number of fused-ring (bicyclic) bond motifs is 1. The van der Waals surface area contributed by atoms with Crippen molar-refractivity contribution in [3.05, 3.63) is 65.2 Å². The zero-order valence-electron chi connectivity index (χ0n) is 11.6. The summed E-state index contributed by atoms with van der Waals surface area (Å²) in [5.74, 6) is -1.36. The number of hydrogen-bond acceptors (Lipinski definition) is 2. The van der Waals surface area contributed by atoms with Crippen molar-refractivity contribution >= 4 is 17.7 Å². The molecule has 2 aromatic rings. The second kappa shape index (κ2) is 5.97. The van der Waals surface area contributed by atoms with Gasteiger partial charge in [-0.2, -0.15) is 0 Å². The zero-order valence-corrected chi connectivity index (χ0v) is 11.6. The number of carbonyl (C=O) groups excluding carboxylic acids is 1. The van der Waals surface area contributed by atoms with Gasteiger partial charge in [0.2, 0.25) is 5.91 Å². The van der Waals surface area contributed by atoms with Crippen LogP contribution >= 0.6 is 0 Å². The van der Waals surface area contributed by atoms with Crippen molar-refractivity contribution < 1.29 is 18.3 Å². The molecule has 0 radical (unpaired) electrons. The van der Waals surface area contributed by atoms with E-state index in [1.807, 2.05) is 18.2 Å². The molecule has 0 saturated carbocycles. The topological polar surface area (TPSA) is 38.3 Å². The lowest BCUT2D eigenvalue weighted by Gasteiger charge is -2.05. The highest BCUT2D eigenvalue weighted by Crippen LogP contribution is 2.26. The lowest BCUT2D eigenvalue weighted by molar-refractivity contribution is -0.111. The van der Waals surface area contributed by atoms with Crippen LogP contribution in [0.3, 0.4) is 0 Å². The van der Waals surface area contributed by atoms with Gasteiger partial charge in [-0.25, -0.2) is 8.78 Å². The fourth-order valence-electron chi connectivity index (χ4n) is 2.26. The molecule has 0 aromatic heterocycles. The summed E-state index contributed by atoms with van der Waals surface area (Å²) in [5, 5.41) is 2.20. The van der Waals surface area contributed by atoms with Crippen molar-refractivity contribution in [1.29, 1.82) is 0 Å². The van der Waals surface area contributed by atoms with Crippen LogP contribution in [0.1, 0.15) is 11.1 Å². The predicted molar refractivity (Wildman–Crippen MR) is 79.7 cm³/mol. The Morgan fingerprint density at radius 1 is 1.18 bits per heavy atom. The van der Waals surface area contributed by atoms with Crippen molar-refractivity contribution in [2.75, 3.05) is 11.9 Å². The summed E-state index contributed by atoms with van der Waals surface area (Å²) in [6, 6.07) is 9.00. The van der Waals surface area contributed by atoms with Crippen LogP contribution in [0.5, 0.6) is 5.75 Å². The van der Waals surface area contributed by atoms with Crippen LogP contribution in [0.25, 0.3) is 6.08 Å². The van der Waals surface area contributed by atoms with Crippen LogP contribution in [0, 0.1) is 11.6 Å². The van der Waals surface area contributed by atoms with E-state index in [1.54, 1.807) is 6.08 Å². The van der Waals surface area contributed by atoms with Gasteiger partial charge in [0.15, 0.2) is 0 Å². The molecule has 1 aliphatic heterocycles. The maximum Gasteiger partial charge on any atom is 0.248 e. The summed E-state index contributed by atoms with van der Waals surface area (Å²) in [4.78, 5) is 11.8. The normalized spacial score (nSPS) is 13.0. The molecule has 0 aliphatic carbocycles. The number of hydrogen-bond donors (Lipinski definition) is 1. The Morgan fingerprint density at radius 3 is 2.73 bits per heavy atom. The molecule has 0 bridgehead atoms. The number of ether oxygens (including phenoxy) is 1. The number of amides is 1. The first-order chi connectivity index (χ1) is 10.6. The minimum atomic E-state index is -0.809. The fourth-order valence-corrected chi connectivity index (χ4v) is 2.26. The molecule has 5 heteroatoms. The number of halogens is 2. The molecule has 22 heavy (non-hydrogen) atoms. The Hall–Kier alpha value is -2.69. The van der Waals surface area contributed by atoms with Crippen LogP contribution in [-0.2, 0) is 11.2 Å². The number of nitrogens with one attached hydrogen (secondary N) is 1. The number of para-hydroxylation sites is 1. The minimum Gasteiger partial charge on any atom is -0.493 e. The molecule has 2 aromatic carbocycles. The second-order valence-electron chi connectivity index (χ2n) is 4.88. The summed E-state index contributed by atoms with van der Waals surface area (Å²) in [5.41, 5.74) is 1.47. The van der Waals surface area contributed by atoms with E-state index in [0.717, 1.165) is 35.4 Å². The molecular weight excluding hydrogens is 288 g/mol. The van der Waals surface area contributed by atoms with E-state index in [-0.39, 0.29) is 0 Å². The molecule has 1 amide bonds. The van der Waals surface area contributed by atoms with Gasteiger partial charge in [0, 0.05) is 12.5 Å². The molecule has 1 heterocycles. The molecule has 0 unspecified atom stereocenters. The Balaban J connectivity index is 1.71. The monoisotopic (exact) mass is 301 g/mol. The van der Waals surface area contributed by atoms with E-state index in [9.17, 15) is 13.6 Å². The molecule has 0 atom stereocenters. The molecule has 0 fully saturated rings. The molecular formula is C17H13F2NO2. The third kappa shape index (κ3) is 2.98. The number of rotatable bonds is 3. The van der Waals surface area contributed by atoms with Gasteiger partial charge >= 0.3 is 0 Å². The van der Waals surface area contributed by atoms with Crippen molar-refractivity contribution in [3.63, 3.8) is 0 Å². The maximum atomic E-state index is 13.4. The van der Waals surface area contributed by atoms with E-state index in [2.05, 4.69) is 5.32 Å². The predicted octanol–water partition coefficient (Wildman–Crippen LogP) is 3.55. The summed E-state index contributed by atoms with van der Waals surface area (Å²) in [6.45, 7) is 0.662. The van der Waals surface area contributed by atoms with Crippen LogP contribution < -0.4 is 10.1 Å². The minimum absolute atomic E-state index is 0.445. The van der Waals surface area contributed by atoms with Crippen LogP contribution in [0.4, 0.5) is 14.5 Å². The number of anilines is 1. The van der Waals surface area contributed by atoms with E-state index in [1.165, 1.54) is 12.1 Å². The summed E-state index contributed by atoms with van der Waals surface area (Å²) >= 11 is 0. The van der Waals surface area contributed by atoms with Crippen LogP contribution in [0.15, 0.2) is 42.5 Å². The highest BCUT2D eigenvalue weighted by Gasteiger charge is 2.12. The SMILES string of the molecule is O=C(/C=C/c1ccc2c(c1)CCO2)Nc1c(F)cccc1F. The highest BCUT2D eigenvalue weighted by atomic mass is 19.1. The molecule has 1 aliphatic rings. The van der Waals surface area contributed by atoms with Crippen molar-refractivity contribution in [1.82, 2.24) is 0 Å². The first kappa shape index (κ1) is 14.3. The van der Waals surface area contributed by atoms with Gasteiger partial charge in [0.1, 0.15) is 23.1 Å². The van der Waals surface area contributed by atoms with E-state index >= 15 is 0 Å². The summed E-state index contributed by atoms with van der Waals surface area (Å²) in [6.07, 6.45) is 3.67. The second-order valence-corrected chi connectivity index (χ2v) is 4.88. The molecule has 3 rings (SSSR count). The molecule has 0 spiro atoms. The van der Waals surface area contributed by atoms with Crippen LogP contribution in [-0.4, -0.2) is 12.5 Å². The van der Waals surface area contributed by atoms with Gasteiger partial charge < -0.3 is 10.1 Å². The molecule has 3 nitrogen and oxygen atoms in total. The van der Waals surface area contributed by atoms with E-state index in [4.69, 9.17) is 4.74 Å². The quantitative estimate of drug-likeness (QED) is 0.880. The first-order valence-electron chi connectivity index (χ1n) is 6.82. The standard InChI is InChI=1S/C17H13F2NO2/c18-13-2-1-3-14(19)17(13)20-16(21)7-5-11-4-6-15-12(10-11)8-9-22-15/h1-7,10H,8-9H2,(H,20,21)/b7-5+. The average Bonchev–Trinajstić information content (AvgIpc) is 2.96. The molecule has 112 valence electrons. The van der Waals surface area contributed by atoms with Gasteiger partial charge in [0.25, 0.3) is 0 Å².